The van der Waals surface area contributed by atoms with Gasteiger partial charge in [0.25, 0.3) is 0 Å². The summed E-state index contributed by atoms with van der Waals surface area (Å²) in [5.41, 5.74) is 7.93. The lowest BCUT2D eigenvalue weighted by molar-refractivity contribution is 0.874. The summed E-state index contributed by atoms with van der Waals surface area (Å²) in [6, 6.07) is 7.93. The molecular formula is C12H15N5O. The summed E-state index contributed by atoms with van der Waals surface area (Å²) in [5.74, 6) is 0.497. The third kappa shape index (κ3) is 2.92. The van der Waals surface area contributed by atoms with E-state index in [2.05, 4.69) is 20.5 Å². The molecule has 0 saturated carbocycles. The van der Waals surface area contributed by atoms with Gasteiger partial charge in [-0.25, -0.2) is 9.89 Å². The van der Waals surface area contributed by atoms with Crippen molar-refractivity contribution in [2.75, 3.05) is 5.32 Å². The van der Waals surface area contributed by atoms with Gasteiger partial charge in [0.15, 0.2) is 5.82 Å². The average Bonchev–Trinajstić information content (AvgIpc) is 2.40. The number of nitrogens with one attached hydrogen (secondary N) is 2. The molecule has 94 valence electrons. The van der Waals surface area contributed by atoms with E-state index in [1.807, 2.05) is 24.3 Å². The standard InChI is InChI=1S/C12H15N5O/c1-8-11(15-12(18)17-16-8)14-7-10-4-2-3-9(5-10)6-13/h2-5H,6-7,13H2,1H3,(H2,14,15,17,18). The topological polar surface area (TPSA) is 96.7 Å². The molecule has 0 atom stereocenters. The van der Waals surface area contributed by atoms with Crippen molar-refractivity contribution in [3.63, 3.8) is 0 Å². The molecule has 0 unspecified atom stereocenters. The van der Waals surface area contributed by atoms with E-state index in [4.69, 9.17) is 5.73 Å². The summed E-state index contributed by atoms with van der Waals surface area (Å²) in [7, 11) is 0. The van der Waals surface area contributed by atoms with Gasteiger partial charge >= 0.3 is 5.69 Å². The van der Waals surface area contributed by atoms with Gasteiger partial charge in [-0.1, -0.05) is 24.3 Å². The van der Waals surface area contributed by atoms with E-state index in [0.717, 1.165) is 11.1 Å². The minimum Gasteiger partial charge on any atom is -0.364 e. The Hall–Kier alpha value is -2.21. The van der Waals surface area contributed by atoms with Gasteiger partial charge in [-0.05, 0) is 18.1 Å². The molecule has 0 aliphatic rings. The lowest BCUT2D eigenvalue weighted by Crippen LogP contribution is -2.17. The number of benzene rings is 1. The van der Waals surface area contributed by atoms with Crippen molar-refractivity contribution in [2.45, 2.75) is 20.0 Å². The Kier molecular flexibility index (Phi) is 3.69. The maximum Gasteiger partial charge on any atom is 0.363 e. The molecule has 1 aromatic carbocycles. The first kappa shape index (κ1) is 12.3. The van der Waals surface area contributed by atoms with Crippen LogP contribution in [0.25, 0.3) is 0 Å². The lowest BCUT2D eigenvalue weighted by atomic mass is 10.1. The summed E-state index contributed by atoms with van der Waals surface area (Å²) in [6.45, 7) is 2.87. The lowest BCUT2D eigenvalue weighted by Gasteiger charge is -2.07. The quantitative estimate of drug-likeness (QED) is 0.730. The van der Waals surface area contributed by atoms with Crippen LogP contribution in [-0.2, 0) is 13.1 Å². The van der Waals surface area contributed by atoms with Crippen molar-refractivity contribution in [1.29, 1.82) is 0 Å². The van der Waals surface area contributed by atoms with Crippen LogP contribution in [0.1, 0.15) is 16.8 Å². The van der Waals surface area contributed by atoms with Crippen LogP contribution >= 0.6 is 0 Å². The molecule has 2 aromatic rings. The van der Waals surface area contributed by atoms with Gasteiger partial charge in [0.1, 0.15) is 5.69 Å². The molecule has 2 rings (SSSR count). The molecule has 0 radical (unpaired) electrons. The third-order valence-electron chi connectivity index (χ3n) is 2.56. The number of hydrogen-bond donors (Lipinski definition) is 3. The van der Waals surface area contributed by atoms with E-state index in [-0.39, 0.29) is 0 Å². The van der Waals surface area contributed by atoms with Gasteiger partial charge in [0.05, 0.1) is 0 Å². The number of aromatic nitrogens is 3. The van der Waals surface area contributed by atoms with Crippen molar-refractivity contribution < 1.29 is 0 Å². The highest BCUT2D eigenvalue weighted by molar-refractivity contribution is 5.38. The average molecular weight is 245 g/mol. The highest BCUT2D eigenvalue weighted by Gasteiger charge is 2.02. The second-order valence-corrected chi connectivity index (χ2v) is 3.95. The number of hydrogen-bond acceptors (Lipinski definition) is 5. The second kappa shape index (κ2) is 5.42. The van der Waals surface area contributed by atoms with Crippen molar-refractivity contribution in [3.05, 3.63) is 51.6 Å². The van der Waals surface area contributed by atoms with Crippen LogP contribution in [0, 0.1) is 6.92 Å². The maximum atomic E-state index is 11.1. The molecule has 0 saturated heterocycles. The minimum atomic E-state index is -0.459. The number of anilines is 1. The number of H-pyrrole nitrogens is 1. The molecule has 4 N–H and O–H groups in total. The van der Waals surface area contributed by atoms with Crippen LogP contribution in [0.3, 0.4) is 0 Å². The van der Waals surface area contributed by atoms with Gasteiger partial charge < -0.3 is 11.1 Å². The molecule has 0 spiro atoms. The molecule has 18 heavy (non-hydrogen) atoms. The molecule has 0 fully saturated rings. The summed E-state index contributed by atoms with van der Waals surface area (Å²) in [5, 5.41) is 9.21. The summed E-state index contributed by atoms with van der Waals surface area (Å²) < 4.78 is 0. The summed E-state index contributed by atoms with van der Waals surface area (Å²) in [6.07, 6.45) is 0. The Bertz CT molecular complexity index is 593. The summed E-state index contributed by atoms with van der Waals surface area (Å²) >= 11 is 0. The maximum absolute atomic E-state index is 11.1. The van der Waals surface area contributed by atoms with Crippen LogP contribution in [-0.4, -0.2) is 15.2 Å². The third-order valence-corrected chi connectivity index (χ3v) is 2.56. The Morgan fingerprint density at radius 1 is 1.39 bits per heavy atom. The normalized spacial score (nSPS) is 10.3. The Balaban J connectivity index is 2.11. The first-order valence-electron chi connectivity index (χ1n) is 5.64. The highest BCUT2D eigenvalue weighted by Crippen LogP contribution is 2.09. The Morgan fingerprint density at radius 2 is 2.17 bits per heavy atom. The van der Waals surface area contributed by atoms with Crippen LogP contribution in [0.15, 0.2) is 29.1 Å². The SMILES string of the molecule is Cc1n[nH]c(=O)nc1NCc1cccc(CN)c1. The minimum absolute atomic E-state index is 0.459. The van der Waals surface area contributed by atoms with Crippen LogP contribution in [0.5, 0.6) is 0 Å². The van der Waals surface area contributed by atoms with Gasteiger partial charge in [0.2, 0.25) is 0 Å². The predicted molar refractivity (Wildman–Crippen MR) is 69.0 cm³/mol. The fraction of sp³-hybridized carbons (Fsp3) is 0.250. The molecular weight excluding hydrogens is 230 g/mol. The first-order valence-corrected chi connectivity index (χ1v) is 5.64. The number of aromatic amines is 1. The largest absolute Gasteiger partial charge is 0.364 e. The van der Waals surface area contributed by atoms with E-state index >= 15 is 0 Å². The second-order valence-electron chi connectivity index (χ2n) is 3.95. The molecule has 0 bridgehead atoms. The Labute approximate surface area is 104 Å². The van der Waals surface area contributed by atoms with E-state index in [0.29, 0.717) is 24.6 Å². The van der Waals surface area contributed by atoms with Gasteiger partial charge in [-0.3, -0.25) is 0 Å². The first-order chi connectivity index (χ1) is 8.69. The molecule has 6 nitrogen and oxygen atoms in total. The van der Waals surface area contributed by atoms with E-state index in [1.54, 1.807) is 6.92 Å². The monoisotopic (exact) mass is 245 g/mol. The van der Waals surface area contributed by atoms with Crippen LogP contribution in [0.4, 0.5) is 5.82 Å². The molecule has 1 aromatic heterocycles. The number of aryl methyl sites for hydroxylation is 1. The van der Waals surface area contributed by atoms with Crippen molar-refractivity contribution in [1.82, 2.24) is 15.2 Å². The Morgan fingerprint density at radius 3 is 2.94 bits per heavy atom. The van der Waals surface area contributed by atoms with Crippen molar-refractivity contribution >= 4 is 5.82 Å². The predicted octanol–water partition coefficient (Wildman–Crippen LogP) is 0.544. The van der Waals surface area contributed by atoms with Gasteiger partial charge in [0, 0.05) is 13.1 Å². The van der Waals surface area contributed by atoms with E-state index in [1.165, 1.54) is 0 Å². The zero-order chi connectivity index (χ0) is 13.0. The van der Waals surface area contributed by atoms with Crippen molar-refractivity contribution in [3.8, 4) is 0 Å². The van der Waals surface area contributed by atoms with Crippen LogP contribution in [0.2, 0.25) is 0 Å². The number of nitrogens with two attached hydrogens (primary N) is 1. The van der Waals surface area contributed by atoms with Crippen molar-refractivity contribution in [2.24, 2.45) is 5.73 Å². The summed E-state index contributed by atoms with van der Waals surface area (Å²) in [4.78, 5) is 14.9. The van der Waals surface area contributed by atoms with E-state index < -0.39 is 5.69 Å². The fourth-order valence-corrected chi connectivity index (χ4v) is 1.61. The smallest absolute Gasteiger partial charge is 0.363 e. The zero-order valence-electron chi connectivity index (χ0n) is 10.1. The van der Waals surface area contributed by atoms with Gasteiger partial charge in [-0.15, -0.1) is 0 Å². The molecule has 1 heterocycles. The van der Waals surface area contributed by atoms with Crippen LogP contribution < -0.4 is 16.7 Å². The highest BCUT2D eigenvalue weighted by atomic mass is 16.1. The zero-order valence-corrected chi connectivity index (χ0v) is 10.1. The molecule has 0 aliphatic heterocycles. The fourth-order valence-electron chi connectivity index (χ4n) is 1.61. The molecule has 6 heteroatoms. The van der Waals surface area contributed by atoms with E-state index in [9.17, 15) is 4.79 Å². The van der Waals surface area contributed by atoms with Gasteiger partial charge in [-0.2, -0.15) is 10.1 Å². The molecule has 0 aliphatic carbocycles. The number of rotatable bonds is 4. The molecule has 0 amide bonds. The number of nitrogens with zero attached hydrogens (tertiary/aromatic N) is 2.